The molecule has 0 aromatic carbocycles. The average molecular weight is 265 g/mol. The number of hydrogen-bond donors (Lipinski definition) is 1. The number of carbonyl (C=O) groups excluding carboxylic acids is 1. The number of ether oxygens (including phenoxy) is 1. The number of aliphatic hydroxyl groups is 1. The Kier molecular flexibility index (Phi) is 4.34. The van der Waals surface area contributed by atoms with Crippen molar-refractivity contribution < 1.29 is 14.6 Å². The number of hydrogen-bond acceptors (Lipinski definition) is 5. The molecule has 19 heavy (non-hydrogen) atoms. The summed E-state index contributed by atoms with van der Waals surface area (Å²) in [4.78, 5) is 19.5. The Morgan fingerprint density at radius 2 is 2.42 bits per heavy atom. The van der Waals surface area contributed by atoms with E-state index in [1.807, 2.05) is 6.07 Å². The monoisotopic (exact) mass is 265 g/mol. The van der Waals surface area contributed by atoms with Gasteiger partial charge in [0.25, 0.3) is 5.91 Å². The summed E-state index contributed by atoms with van der Waals surface area (Å²) >= 11 is 0. The minimum absolute atomic E-state index is 0.0271. The lowest BCUT2D eigenvalue weighted by atomic mass is 10.2. The van der Waals surface area contributed by atoms with Crippen LogP contribution >= 0.6 is 0 Å². The largest absolute Gasteiger partial charge is 0.394 e. The number of nitrogens with zero attached hydrogens (tertiary/aromatic N) is 3. The standard InChI is InChI=1S/C13H19N3O3/c1-15(2)13(18)12-7-10(3-4-14-12)16-5-6-19-9-11(16)8-17/h3-4,7,11,17H,5-6,8-9H2,1-2H3. The van der Waals surface area contributed by atoms with Crippen molar-refractivity contribution in [2.24, 2.45) is 0 Å². The number of aromatic nitrogens is 1. The average Bonchev–Trinajstić information content (AvgIpc) is 2.46. The Balaban J connectivity index is 2.24. The zero-order chi connectivity index (χ0) is 13.8. The van der Waals surface area contributed by atoms with E-state index in [2.05, 4.69) is 9.88 Å². The van der Waals surface area contributed by atoms with Gasteiger partial charge in [0.1, 0.15) is 5.69 Å². The highest BCUT2D eigenvalue weighted by molar-refractivity contribution is 5.92. The number of anilines is 1. The SMILES string of the molecule is CN(C)C(=O)c1cc(N2CCOCC2CO)ccn1. The maximum Gasteiger partial charge on any atom is 0.272 e. The summed E-state index contributed by atoms with van der Waals surface area (Å²) in [6.45, 7) is 1.84. The van der Waals surface area contributed by atoms with Crippen molar-refractivity contribution >= 4 is 11.6 Å². The van der Waals surface area contributed by atoms with Gasteiger partial charge >= 0.3 is 0 Å². The quantitative estimate of drug-likeness (QED) is 0.832. The highest BCUT2D eigenvalue weighted by Gasteiger charge is 2.23. The Morgan fingerprint density at radius 3 is 3.11 bits per heavy atom. The molecule has 1 saturated heterocycles. The molecule has 104 valence electrons. The molecule has 1 amide bonds. The van der Waals surface area contributed by atoms with Crippen LogP contribution in [-0.4, -0.2) is 67.4 Å². The molecule has 0 bridgehead atoms. The lowest BCUT2D eigenvalue weighted by Crippen LogP contribution is -2.47. The summed E-state index contributed by atoms with van der Waals surface area (Å²) < 4.78 is 5.35. The van der Waals surface area contributed by atoms with Crippen molar-refractivity contribution in [1.82, 2.24) is 9.88 Å². The zero-order valence-corrected chi connectivity index (χ0v) is 11.2. The zero-order valence-electron chi connectivity index (χ0n) is 11.2. The van der Waals surface area contributed by atoms with Crippen LogP contribution in [0.2, 0.25) is 0 Å². The number of carbonyl (C=O) groups is 1. The molecule has 2 heterocycles. The Hall–Kier alpha value is -1.66. The summed E-state index contributed by atoms with van der Waals surface area (Å²) in [5.41, 5.74) is 1.30. The molecule has 0 radical (unpaired) electrons. The number of pyridine rings is 1. The summed E-state index contributed by atoms with van der Waals surface area (Å²) in [6.07, 6.45) is 1.62. The number of morpholine rings is 1. The van der Waals surface area contributed by atoms with Gasteiger partial charge in [-0.25, -0.2) is 0 Å². The van der Waals surface area contributed by atoms with Gasteiger partial charge in [0.2, 0.25) is 0 Å². The second kappa shape index (κ2) is 5.99. The fourth-order valence-electron chi connectivity index (χ4n) is 2.09. The molecule has 1 aromatic rings. The van der Waals surface area contributed by atoms with Gasteiger partial charge in [0.15, 0.2) is 0 Å². The van der Waals surface area contributed by atoms with Crippen LogP contribution in [-0.2, 0) is 4.74 Å². The van der Waals surface area contributed by atoms with E-state index < -0.39 is 0 Å². The molecule has 0 saturated carbocycles. The van der Waals surface area contributed by atoms with Crippen LogP contribution in [0.1, 0.15) is 10.5 Å². The molecule has 1 unspecified atom stereocenters. The van der Waals surface area contributed by atoms with Crippen LogP contribution < -0.4 is 4.90 Å². The minimum atomic E-state index is -0.129. The van der Waals surface area contributed by atoms with Crippen LogP contribution in [0.5, 0.6) is 0 Å². The van der Waals surface area contributed by atoms with Gasteiger partial charge in [-0.15, -0.1) is 0 Å². The Morgan fingerprint density at radius 1 is 1.63 bits per heavy atom. The van der Waals surface area contributed by atoms with E-state index in [1.54, 1.807) is 26.4 Å². The molecule has 1 N–H and O–H groups in total. The molecule has 1 aromatic heterocycles. The number of amides is 1. The molecular weight excluding hydrogens is 246 g/mol. The predicted molar refractivity (Wildman–Crippen MR) is 71.3 cm³/mol. The second-order valence-corrected chi connectivity index (χ2v) is 4.70. The van der Waals surface area contributed by atoms with Gasteiger partial charge in [0.05, 0.1) is 25.9 Å². The molecule has 0 spiro atoms. The van der Waals surface area contributed by atoms with Crippen LogP contribution in [0, 0.1) is 0 Å². The first kappa shape index (κ1) is 13.8. The van der Waals surface area contributed by atoms with Crippen LogP contribution in [0.3, 0.4) is 0 Å². The van der Waals surface area contributed by atoms with E-state index in [9.17, 15) is 9.90 Å². The van der Waals surface area contributed by atoms with Crippen molar-refractivity contribution in [2.75, 3.05) is 45.4 Å². The highest BCUT2D eigenvalue weighted by atomic mass is 16.5. The van der Waals surface area contributed by atoms with Crippen LogP contribution in [0.4, 0.5) is 5.69 Å². The summed E-state index contributed by atoms with van der Waals surface area (Å²) in [7, 11) is 3.39. The van der Waals surface area contributed by atoms with E-state index in [4.69, 9.17) is 4.74 Å². The maximum atomic E-state index is 11.9. The third-order valence-electron chi connectivity index (χ3n) is 3.14. The van der Waals surface area contributed by atoms with Crippen molar-refractivity contribution in [3.05, 3.63) is 24.0 Å². The van der Waals surface area contributed by atoms with E-state index in [1.165, 1.54) is 4.90 Å². The predicted octanol–water partition coefficient (Wildman–Crippen LogP) is -0.0191. The van der Waals surface area contributed by atoms with Crippen LogP contribution in [0.15, 0.2) is 18.3 Å². The van der Waals surface area contributed by atoms with E-state index >= 15 is 0 Å². The smallest absolute Gasteiger partial charge is 0.272 e. The molecule has 6 nitrogen and oxygen atoms in total. The van der Waals surface area contributed by atoms with Gasteiger partial charge in [0, 0.05) is 32.5 Å². The van der Waals surface area contributed by atoms with Gasteiger partial charge in [-0.1, -0.05) is 0 Å². The van der Waals surface area contributed by atoms with Crippen molar-refractivity contribution in [3.63, 3.8) is 0 Å². The normalized spacial score (nSPS) is 19.3. The fraction of sp³-hybridized carbons (Fsp3) is 0.538. The first-order valence-corrected chi connectivity index (χ1v) is 6.26. The van der Waals surface area contributed by atoms with Crippen molar-refractivity contribution in [2.45, 2.75) is 6.04 Å². The molecule has 2 rings (SSSR count). The lowest BCUT2D eigenvalue weighted by Gasteiger charge is -2.36. The molecule has 6 heteroatoms. The molecule has 1 aliphatic rings. The third-order valence-corrected chi connectivity index (χ3v) is 3.14. The second-order valence-electron chi connectivity index (χ2n) is 4.70. The van der Waals surface area contributed by atoms with Gasteiger partial charge < -0.3 is 19.6 Å². The molecule has 1 atom stereocenters. The first-order chi connectivity index (χ1) is 9.13. The van der Waals surface area contributed by atoms with Crippen molar-refractivity contribution in [1.29, 1.82) is 0 Å². The maximum absolute atomic E-state index is 11.9. The Bertz CT molecular complexity index is 451. The third kappa shape index (κ3) is 3.02. The van der Waals surface area contributed by atoms with E-state index in [0.717, 1.165) is 5.69 Å². The topological polar surface area (TPSA) is 65.9 Å². The molecule has 0 aliphatic carbocycles. The lowest BCUT2D eigenvalue weighted by molar-refractivity contribution is 0.0727. The summed E-state index contributed by atoms with van der Waals surface area (Å²) in [6, 6.07) is 3.54. The molecule has 1 aliphatic heterocycles. The summed E-state index contributed by atoms with van der Waals surface area (Å²) in [5.74, 6) is -0.129. The highest BCUT2D eigenvalue weighted by Crippen LogP contribution is 2.20. The molecular formula is C13H19N3O3. The minimum Gasteiger partial charge on any atom is -0.394 e. The van der Waals surface area contributed by atoms with E-state index in [0.29, 0.717) is 25.5 Å². The van der Waals surface area contributed by atoms with E-state index in [-0.39, 0.29) is 18.6 Å². The number of rotatable bonds is 3. The van der Waals surface area contributed by atoms with Gasteiger partial charge in [-0.2, -0.15) is 0 Å². The summed E-state index contributed by atoms with van der Waals surface area (Å²) in [5, 5.41) is 9.38. The van der Waals surface area contributed by atoms with Gasteiger partial charge in [-0.3, -0.25) is 9.78 Å². The van der Waals surface area contributed by atoms with Gasteiger partial charge in [-0.05, 0) is 12.1 Å². The fourth-order valence-corrected chi connectivity index (χ4v) is 2.09. The first-order valence-electron chi connectivity index (χ1n) is 6.26. The number of aliphatic hydroxyl groups excluding tert-OH is 1. The van der Waals surface area contributed by atoms with Crippen molar-refractivity contribution in [3.8, 4) is 0 Å². The Labute approximate surface area is 112 Å². The molecule has 1 fully saturated rings. The van der Waals surface area contributed by atoms with Crippen LogP contribution in [0.25, 0.3) is 0 Å².